The smallest absolute Gasteiger partial charge is 0.329 e. The fourth-order valence-electron chi connectivity index (χ4n) is 3.96. The predicted octanol–water partition coefficient (Wildman–Crippen LogP) is 3.85. The van der Waals surface area contributed by atoms with Crippen molar-refractivity contribution in [2.24, 2.45) is 0 Å². The first kappa shape index (κ1) is 27.4. The summed E-state index contributed by atoms with van der Waals surface area (Å²) in [5, 5.41) is 10.7. The normalized spacial score (nSPS) is 18.5. The van der Waals surface area contributed by atoms with Crippen LogP contribution in [0.2, 0.25) is 0 Å². The number of ether oxygens (including phenoxy) is 2. The third-order valence-electron chi connectivity index (χ3n) is 5.96. The molecule has 0 spiro atoms. The van der Waals surface area contributed by atoms with Crippen molar-refractivity contribution in [1.29, 1.82) is 0 Å². The van der Waals surface area contributed by atoms with Crippen LogP contribution in [0.4, 0.5) is 4.79 Å². The van der Waals surface area contributed by atoms with Crippen molar-refractivity contribution in [3.8, 4) is 0 Å². The van der Waals surface area contributed by atoms with Crippen molar-refractivity contribution in [3.63, 3.8) is 0 Å². The van der Waals surface area contributed by atoms with Gasteiger partial charge in [0.2, 0.25) is 0 Å². The van der Waals surface area contributed by atoms with Crippen molar-refractivity contribution >= 4 is 17.9 Å². The Balaban J connectivity index is 2.58. The molecule has 2 atom stereocenters. The number of esters is 1. The number of hydrogen-bond acceptors (Lipinski definition) is 6. The molecule has 0 saturated carbocycles. The van der Waals surface area contributed by atoms with E-state index in [0.717, 1.165) is 56.3 Å². The molecule has 1 N–H and O–H groups in total. The molecule has 0 aromatic rings. The highest BCUT2D eigenvalue weighted by Gasteiger charge is 2.44. The van der Waals surface area contributed by atoms with E-state index in [4.69, 9.17) is 4.74 Å². The van der Waals surface area contributed by atoms with E-state index in [9.17, 15) is 19.5 Å². The molecule has 8 nitrogen and oxygen atoms in total. The molecule has 1 rings (SSSR count). The number of methoxy groups -OCH3 is 2. The van der Waals surface area contributed by atoms with Crippen LogP contribution < -0.4 is 0 Å². The molecule has 0 aliphatic carbocycles. The lowest BCUT2D eigenvalue weighted by molar-refractivity contribution is -0.140. The van der Waals surface area contributed by atoms with E-state index in [0.29, 0.717) is 32.2 Å². The number of rotatable bonds is 17. The zero-order valence-corrected chi connectivity index (χ0v) is 19.9. The average molecular weight is 443 g/mol. The number of imide groups is 1. The van der Waals surface area contributed by atoms with Crippen molar-refractivity contribution in [1.82, 2.24) is 9.80 Å². The van der Waals surface area contributed by atoms with E-state index in [1.54, 1.807) is 4.90 Å². The number of unbranched alkanes of at least 4 members (excludes halogenated alkanes) is 6. The molecular weight excluding hydrogens is 400 g/mol. The molecule has 1 heterocycles. The quantitative estimate of drug-likeness (QED) is 0.209. The Hall–Kier alpha value is -1.67. The van der Waals surface area contributed by atoms with Crippen molar-refractivity contribution in [2.45, 2.75) is 103 Å². The first-order valence-electron chi connectivity index (χ1n) is 11.7. The van der Waals surface area contributed by atoms with Crippen LogP contribution in [0.1, 0.15) is 90.9 Å². The van der Waals surface area contributed by atoms with Crippen molar-refractivity contribution in [3.05, 3.63) is 0 Å². The highest BCUT2D eigenvalue weighted by atomic mass is 16.5. The van der Waals surface area contributed by atoms with Crippen LogP contribution in [0.25, 0.3) is 0 Å². The van der Waals surface area contributed by atoms with Crippen molar-refractivity contribution in [2.75, 3.05) is 27.5 Å². The van der Waals surface area contributed by atoms with Crippen LogP contribution in [0.15, 0.2) is 0 Å². The fraction of sp³-hybridized carbons (Fsp3) is 0.870. The van der Waals surface area contributed by atoms with Gasteiger partial charge in [-0.1, -0.05) is 51.9 Å². The summed E-state index contributed by atoms with van der Waals surface area (Å²) in [5.41, 5.74) is -0.857. The van der Waals surface area contributed by atoms with Gasteiger partial charge >= 0.3 is 12.0 Å². The number of urea groups is 1. The standard InChI is InChI=1S/C23H42N2O6/c1-5-6-7-12-15-23(2,29)16-17-24-19(21(27)25(18-30-3)22(24)28)13-10-8-9-11-14-20(26)31-4/h19,29H,5-18H2,1-4H3. The highest BCUT2D eigenvalue weighted by Crippen LogP contribution is 2.26. The minimum atomic E-state index is -0.857. The van der Waals surface area contributed by atoms with E-state index in [1.807, 2.05) is 6.92 Å². The molecule has 1 fully saturated rings. The SMILES string of the molecule is CCCCCCC(C)(O)CCN1C(=O)N(COC)C(=O)C1CCCCCCC(=O)OC. The summed E-state index contributed by atoms with van der Waals surface area (Å²) in [6.07, 6.45) is 9.74. The molecule has 3 amide bonds. The second kappa shape index (κ2) is 14.4. The maximum Gasteiger partial charge on any atom is 0.329 e. The van der Waals surface area contributed by atoms with Crippen LogP contribution in [-0.4, -0.2) is 72.0 Å². The van der Waals surface area contributed by atoms with Gasteiger partial charge in [0.25, 0.3) is 5.91 Å². The summed E-state index contributed by atoms with van der Waals surface area (Å²) in [7, 11) is 2.84. The van der Waals surface area contributed by atoms with Gasteiger partial charge in [-0.2, -0.15) is 0 Å². The molecule has 1 aliphatic heterocycles. The van der Waals surface area contributed by atoms with Gasteiger partial charge in [0, 0.05) is 20.1 Å². The maximum absolute atomic E-state index is 12.8. The van der Waals surface area contributed by atoms with Crippen LogP contribution >= 0.6 is 0 Å². The lowest BCUT2D eigenvalue weighted by atomic mass is 9.94. The van der Waals surface area contributed by atoms with E-state index in [1.165, 1.54) is 14.2 Å². The van der Waals surface area contributed by atoms with Crippen molar-refractivity contribution < 1.29 is 29.0 Å². The molecule has 8 heteroatoms. The molecule has 1 saturated heterocycles. The molecule has 0 aromatic heterocycles. The lowest BCUT2D eigenvalue weighted by Gasteiger charge is -2.28. The van der Waals surface area contributed by atoms with Crippen LogP contribution in [-0.2, 0) is 19.1 Å². The molecular formula is C23H42N2O6. The van der Waals surface area contributed by atoms with E-state index in [2.05, 4.69) is 11.7 Å². The first-order valence-corrected chi connectivity index (χ1v) is 11.7. The molecule has 0 bridgehead atoms. The van der Waals surface area contributed by atoms with E-state index >= 15 is 0 Å². The monoisotopic (exact) mass is 442 g/mol. The number of carbonyl (C=O) groups excluding carboxylic acids is 3. The van der Waals surface area contributed by atoms with Crippen LogP contribution in [0, 0.1) is 0 Å². The number of hydrogen-bond donors (Lipinski definition) is 1. The third kappa shape index (κ3) is 9.56. The Morgan fingerprint density at radius 2 is 1.71 bits per heavy atom. The second-order valence-corrected chi connectivity index (χ2v) is 8.76. The summed E-state index contributed by atoms with van der Waals surface area (Å²) in [4.78, 5) is 39.5. The Morgan fingerprint density at radius 1 is 1.03 bits per heavy atom. The second-order valence-electron chi connectivity index (χ2n) is 8.76. The van der Waals surface area contributed by atoms with Crippen LogP contribution in [0.3, 0.4) is 0 Å². The molecule has 0 radical (unpaired) electrons. The predicted molar refractivity (Wildman–Crippen MR) is 118 cm³/mol. The summed E-state index contributed by atoms with van der Waals surface area (Å²) in [5.74, 6) is -0.441. The Bertz CT molecular complexity index is 566. The zero-order chi connectivity index (χ0) is 23.3. The summed E-state index contributed by atoms with van der Waals surface area (Å²) in [6.45, 7) is 4.25. The first-order chi connectivity index (χ1) is 14.8. The molecule has 180 valence electrons. The highest BCUT2D eigenvalue weighted by molar-refractivity contribution is 6.04. The average Bonchev–Trinajstić information content (AvgIpc) is 2.96. The maximum atomic E-state index is 12.8. The molecule has 31 heavy (non-hydrogen) atoms. The number of amides is 3. The Morgan fingerprint density at radius 3 is 2.35 bits per heavy atom. The number of carbonyl (C=O) groups is 3. The fourth-order valence-corrected chi connectivity index (χ4v) is 3.96. The van der Waals surface area contributed by atoms with Gasteiger partial charge in [0.05, 0.1) is 12.7 Å². The largest absolute Gasteiger partial charge is 0.469 e. The van der Waals surface area contributed by atoms with E-state index in [-0.39, 0.29) is 24.6 Å². The summed E-state index contributed by atoms with van der Waals surface area (Å²) < 4.78 is 9.68. The van der Waals surface area contributed by atoms with Gasteiger partial charge in [0.1, 0.15) is 12.8 Å². The molecule has 0 aromatic carbocycles. The Kier molecular flexibility index (Phi) is 12.7. The number of aliphatic hydroxyl groups is 1. The molecule has 2 unspecified atom stereocenters. The van der Waals surface area contributed by atoms with Gasteiger partial charge in [-0.3, -0.25) is 9.59 Å². The van der Waals surface area contributed by atoms with Gasteiger partial charge < -0.3 is 19.5 Å². The minimum absolute atomic E-state index is 0.0583. The van der Waals surface area contributed by atoms with Gasteiger partial charge in [0.15, 0.2) is 0 Å². The number of nitrogens with zero attached hydrogens (tertiary/aromatic N) is 2. The Labute approximate surface area is 187 Å². The third-order valence-corrected chi connectivity index (χ3v) is 5.96. The summed E-state index contributed by atoms with van der Waals surface area (Å²) >= 11 is 0. The van der Waals surface area contributed by atoms with Gasteiger partial charge in [-0.05, 0) is 32.6 Å². The van der Waals surface area contributed by atoms with E-state index < -0.39 is 11.6 Å². The molecule has 1 aliphatic rings. The van der Waals surface area contributed by atoms with Gasteiger partial charge in [-0.15, -0.1) is 0 Å². The van der Waals surface area contributed by atoms with Crippen LogP contribution in [0.5, 0.6) is 0 Å². The minimum Gasteiger partial charge on any atom is -0.469 e. The lowest BCUT2D eigenvalue weighted by Crippen LogP contribution is -2.39. The van der Waals surface area contributed by atoms with Gasteiger partial charge in [-0.25, -0.2) is 9.69 Å². The summed E-state index contributed by atoms with van der Waals surface area (Å²) in [6, 6.07) is -0.858. The zero-order valence-electron chi connectivity index (χ0n) is 19.9. The topological polar surface area (TPSA) is 96.4 Å².